The fourth-order valence-corrected chi connectivity index (χ4v) is 3.54. The standard InChI is InChI=1S/C16H12F4N2O6S2/c1-27-11(23)9-7(3-5-29-9)21-13(25)15(17,18)16(19,20)14(26)22-8-4-6-30-10(8)12(24)28-2/h3-6H,1-2H3,(H,21,25)(H,22,26). The Bertz CT molecular complexity index is 910. The number of hydrogen-bond acceptors (Lipinski definition) is 8. The maximum Gasteiger partial charge on any atom is 0.396 e. The number of halogens is 4. The first kappa shape index (κ1) is 23.3. The zero-order valence-electron chi connectivity index (χ0n) is 15.1. The molecule has 2 aromatic rings. The van der Waals surface area contributed by atoms with Gasteiger partial charge in [0, 0.05) is 0 Å². The van der Waals surface area contributed by atoms with E-state index in [4.69, 9.17) is 0 Å². The summed E-state index contributed by atoms with van der Waals surface area (Å²) in [5.74, 6) is -18.0. The van der Waals surface area contributed by atoms with Crippen molar-refractivity contribution in [1.82, 2.24) is 0 Å². The molecule has 2 heterocycles. The van der Waals surface area contributed by atoms with Crippen LogP contribution in [0, 0.1) is 0 Å². The maximum absolute atomic E-state index is 14.2. The van der Waals surface area contributed by atoms with E-state index >= 15 is 0 Å². The van der Waals surface area contributed by atoms with E-state index < -0.39 is 47.0 Å². The highest BCUT2D eigenvalue weighted by molar-refractivity contribution is 7.13. The average molecular weight is 468 g/mol. The van der Waals surface area contributed by atoms with Crippen LogP contribution in [0.1, 0.15) is 19.3 Å². The van der Waals surface area contributed by atoms with E-state index in [0.29, 0.717) is 22.7 Å². The molecule has 162 valence electrons. The van der Waals surface area contributed by atoms with Crippen molar-refractivity contribution in [2.24, 2.45) is 0 Å². The van der Waals surface area contributed by atoms with Crippen molar-refractivity contribution >= 4 is 57.8 Å². The summed E-state index contributed by atoms with van der Waals surface area (Å²) >= 11 is 1.43. The number of thiophene rings is 2. The molecule has 0 saturated heterocycles. The second-order valence-corrected chi connectivity index (χ2v) is 7.20. The molecule has 2 rings (SSSR count). The van der Waals surface area contributed by atoms with Crippen molar-refractivity contribution in [3.63, 3.8) is 0 Å². The second-order valence-electron chi connectivity index (χ2n) is 5.37. The normalized spacial score (nSPS) is 11.5. The lowest BCUT2D eigenvalue weighted by atomic mass is 10.1. The van der Waals surface area contributed by atoms with Gasteiger partial charge in [-0.3, -0.25) is 9.59 Å². The molecule has 0 fully saturated rings. The first-order valence-corrected chi connectivity index (χ1v) is 9.43. The summed E-state index contributed by atoms with van der Waals surface area (Å²) in [6, 6.07) is 2.05. The van der Waals surface area contributed by atoms with Crippen LogP contribution in [0.2, 0.25) is 0 Å². The number of esters is 2. The topological polar surface area (TPSA) is 111 Å². The molecule has 2 N–H and O–H groups in total. The first-order chi connectivity index (χ1) is 14.0. The number of amides is 2. The molecule has 0 saturated carbocycles. The second kappa shape index (κ2) is 8.79. The number of nitrogens with one attached hydrogen (secondary N) is 2. The first-order valence-electron chi connectivity index (χ1n) is 7.67. The minimum absolute atomic E-state index is 0.310. The molecule has 0 aliphatic heterocycles. The zero-order chi connectivity index (χ0) is 22.7. The van der Waals surface area contributed by atoms with Gasteiger partial charge in [0.05, 0.1) is 25.6 Å². The Morgan fingerprint density at radius 2 is 1.10 bits per heavy atom. The summed E-state index contributed by atoms with van der Waals surface area (Å²) in [6.07, 6.45) is 0. The highest BCUT2D eigenvalue weighted by Crippen LogP contribution is 2.38. The Balaban J connectivity index is 2.23. The van der Waals surface area contributed by atoms with Gasteiger partial charge in [0.15, 0.2) is 0 Å². The summed E-state index contributed by atoms with van der Waals surface area (Å²) in [4.78, 5) is 46.1. The molecular formula is C16H12F4N2O6S2. The quantitative estimate of drug-likeness (QED) is 0.477. The number of ether oxygens (including phenoxy) is 2. The minimum Gasteiger partial charge on any atom is -0.465 e. The van der Waals surface area contributed by atoms with Gasteiger partial charge < -0.3 is 20.1 Å². The summed E-state index contributed by atoms with van der Waals surface area (Å²) in [6.45, 7) is 0. The van der Waals surface area contributed by atoms with Gasteiger partial charge in [0.25, 0.3) is 0 Å². The van der Waals surface area contributed by atoms with E-state index in [9.17, 15) is 36.7 Å². The number of rotatable bonds is 7. The number of methoxy groups -OCH3 is 2. The molecular weight excluding hydrogens is 456 g/mol. The molecule has 0 radical (unpaired) electrons. The zero-order valence-corrected chi connectivity index (χ0v) is 16.7. The largest absolute Gasteiger partial charge is 0.465 e. The maximum atomic E-state index is 14.2. The van der Waals surface area contributed by atoms with E-state index in [1.54, 1.807) is 0 Å². The summed E-state index contributed by atoms with van der Waals surface area (Å²) in [5, 5.41) is 5.45. The van der Waals surface area contributed by atoms with Crippen LogP contribution < -0.4 is 10.6 Å². The van der Waals surface area contributed by atoms with E-state index in [0.717, 1.165) is 26.4 Å². The highest BCUT2D eigenvalue weighted by atomic mass is 32.1. The molecule has 0 aliphatic rings. The summed E-state index contributed by atoms with van der Waals surface area (Å²) < 4.78 is 65.5. The number of carbonyl (C=O) groups is 4. The third-order valence-corrected chi connectivity index (χ3v) is 5.32. The van der Waals surface area contributed by atoms with Crippen molar-refractivity contribution in [1.29, 1.82) is 0 Å². The molecule has 0 atom stereocenters. The van der Waals surface area contributed by atoms with E-state index in [-0.39, 0.29) is 9.75 Å². The van der Waals surface area contributed by atoms with Gasteiger partial charge in [0.1, 0.15) is 9.75 Å². The van der Waals surface area contributed by atoms with Crippen molar-refractivity contribution in [2.75, 3.05) is 24.9 Å². The number of anilines is 2. The van der Waals surface area contributed by atoms with Gasteiger partial charge in [-0.15, -0.1) is 22.7 Å². The van der Waals surface area contributed by atoms with Crippen LogP contribution in [-0.2, 0) is 19.1 Å². The molecule has 0 aliphatic carbocycles. The fourth-order valence-electron chi connectivity index (χ4n) is 2.00. The Kier molecular flexibility index (Phi) is 6.82. The van der Waals surface area contributed by atoms with Crippen molar-refractivity contribution in [3.8, 4) is 0 Å². The lowest BCUT2D eigenvalue weighted by molar-refractivity contribution is -0.204. The predicted molar refractivity (Wildman–Crippen MR) is 98.5 cm³/mol. The third-order valence-electron chi connectivity index (χ3n) is 3.53. The molecule has 0 bridgehead atoms. The van der Waals surface area contributed by atoms with Crippen LogP contribution in [0.15, 0.2) is 22.9 Å². The van der Waals surface area contributed by atoms with Crippen LogP contribution in [0.4, 0.5) is 28.9 Å². The van der Waals surface area contributed by atoms with E-state index in [2.05, 4.69) is 9.47 Å². The lowest BCUT2D eigenvalue weighted by Gasteiger charge is -2.24. The summed E-state index contributed by atoms with van der Waals surface area (Å²) in [7, 11) is 1.99. The third kappa shape index (κ3) is 4.28. The van der Waals surface area contributed by atoms with Gasteiger partial charge in [-0.1, -0.05) is 0 Å². The Morgan fingerprint density at radius 1 is 0.767 bits per heavy atom. The van der Waals surface area contributed by atoms with Crippen LogP contribution in [0.3, 0.4) is 0 Å². The monoisotopic (exact) mass is 468 g/mol. The number of alkyl halides is 4. The fraction of sp³-hybridized carbons (Fsp3) is 0.250. The molecule has 14 heteroatoms. The molecule has 0 unspecified atom stereocenters. The average Bonchev–Trinajstić information content (AvgIpc) is 3.35. The molecule has 2 aromatic heterocycles. The Labute approximate surface area is 173 Å². The van der Waals surface area contributed by atoms with E-state index in [1.165, 1.54) is 21.4 Å². The summed E-state index contributed by atoms with van der Waals surface area (Å²) in [5.41, 5.74) is -0.975. The molecule has 0 aromatic carbocycles. The molecule has 2 amide bonds. The van der Waals surface area contributed by atoms with Crippen molar-refractivity contribution in [2.45, 2.75) is 11.8 Å². The lowest BCUT2D eigenvalue weighted by Crippen LogP contribution is -2.56. The van der Waals surface area contributed by atoms with Crippen LogP contribution in [0.5, 0.6) is 0 Å². The Morgan fingerprint density at radius 3 is 1.40 bits per heavy atom. The van der Waals surface area contributed by atoms with E-state index in [1.807, 2.05) is 0 Å². The van der Waals surface area contributed by atoms with Crippen molar-refractivity contribution in [3.05, 3.63) is 32.6 Å². The van der Waals surface area contributed by atoms with Crippen LogP contribution in [0.25, 0.3) is 0 Å². The van der Waals surface area contributed by atoms with Gasteiger partial charge in [-0.25, -0.2) is 9.59 Å². The van der Waals surface area contributed by atoms with Crippen LogP contribution >= 0.6 is 22.7 Å². The van der Waals surface area contributed by atoms with Gasteiger partial charge in [-0.2, -0.15) is 17.6 Å². The number of hydrogen-bond donors (Lipinski definition) is 2. The molecule has 8 nitrogen and oxygen atoms in total. The smallest absolute Gasteiger partial charge is 0.396 e. The molecule has 0 spiro atoms. The highest BCUT2D eigenvalue weighted by Gasteiger charge is 2.67. The SMILES string of the molecule is COC(=O)c1sccc1NC(=O)C(F)(F)C(F)(F)C(=O)Nc1ccsc1C(=O)OC. The van der Waals surface area contributed by atoms with Gasteiger partial charge >= 0.3 is 35.6 Å². The van der Waals surface area contributed by atoms with Gasteiger partial charge in [0.2, 0.25) is 0 Å². The number of carbonyl (C=O) groups excluding carboxylic acids is 4. The molecule has 30 heavy (non-hydrogen) atoms. The predicted octanol–water partition coefficient (Wildman–Crippen LogP) is 3.23. The minimum atomic E-state index is -5.51. The Hall–Kier alpha value is -3.00. The van der Waals surface area contributed by atoms with Crippen LogP contribution in [-0.4, -0.2) is 49.8 Å². The van der Waals surface area contributed by atoms with Crippen molar-refractivity contribution < 1.29 is 46.2 Å². The van der Waals surface area contributed by atoms with Gasteiger partial charge in [-0.05, 0) is 22.9 Å².